The molecule has 0 aromatic rings. The quantitative estimate of drug-likeness (QED) is 0.569. The molecule has 2 heteroatoms. The first-order valence-corrected chi connectivity index (χ1v) is 1.51. The highest BCUT2D eigenvalue weighted by molar-refractivity contribution is 4.12. The number of ether oxygens (including phenoxy) is 1. The molecule has 0 rings (SSSR count). The lowest BCUT2D eigenvalue weighted by Gasteiger charge is -1.84. The van der Waals surface area contributed by atoms with Crippen LogP contribution in [0.15, 0.2) is 0 Å². The van der Waals surface area contributed by atoms with Crippen LogP contribution in [0.3, 0.4) is 0 Å². The van der Waals surface area contributed by atoms with Crippen LogP contribution in [0.2, 0.25) is 0 Å². The van der Waals surface area contributed by atoms with Gasteiger partial charge in [0.15, 0.2) is 0 Å². The van der Waals surface area contributed by atoms with E-state index in [0.717, 1.165) is 0 Å². The van der Waals surface area contributed by atoms with Crippen LogP contribution in [0, 0.1) is 0 Å². The van der Waals surface area contributed by atoms with E-state index in [2.05, 4.69) is 4.74 Å². The molecule has 0 atom stereocenters. The molecule has 0 aliphatic heterocycles. The summed E-state index contributed by atoms with van der Waals surface area (Å²) in [5.41, 5.74) is 0. The Morgan fingerprint density at radius 2 is 1.86 bits per heavy atom. The summed E-state index contributed by atoms with van der Waals surface area (Å²) in [6.45, 7) is 0.566. The normalized spacial score (nSPS) is 6.00. The van der Waals surface area contributed by atoms with E-state index in [1.165, 1.54) is 0 Å². The zero-order chi connectivity index (χ0) is 4.12. The Hall–Kier alpha value is -0.0800. The van der Waals surface area contributed by atoms with E-state index in [4.69, 9.17) is 5.11 Å². The fraction of sp³-hybridized carbons (Fsp3) is 1.00. The van der Waals surface area contributed by atoms with Crippen molar-refractivity contribution in [2.75, 3.05) is 20.3 Å². The Bertz CT molecular complexity index is 13.6. The molecule has 0 unspecified atom stereocenters. The molecule has 0 fully saturated rings. The molecular weight excluding hydrogens is 92.1 g/mol. The van der Waals surface area contributed by atoms with Crippen LogP contribution in [0.5, 0.6) is 0 Å². The third-order valence-corrected chi connectivity index (χ3v) is 0.295. The first kappa shape index (κ1) is 15.8. The highest BCUT2D eigenvalue weighted by atomic mass is 16.5. The van der Waals surface area contributed by atoms with Crippen molar-refractivity contribution < 1.29 is 9.84 Å². The number of hydrogen-bond acceptors (Lipinski definition) is 2. The number of aliphatic hydroxyl groups is 1. The van der Waals surface area contributed by atoms with Crippen molar-refractivity contribution in [2.24, 2.45) is 0 Å². The zero-order valence-electron chi connectivity index (χ0n) is 3.27. The first-order chi connectivity index (χ1) is 2.41. The molecule has 0 aromatic heterocycles. The molecule has 0 spiro atoms. The summed E-state index contributed by atoms with van der Waals surface area (Å²) < 4.78 is 4.44. The second kappa shape index (κ2) is 16.8. The average Bonchev–Trinajstić information content (AvgIpc) is 1.41. The fourth-order valence-electron chi connectivity index (χ4n) is 0.0913. The van der Waals surface area contributed by atoms with Crippen LogP contribution in [0.4, 0.5) is 0 Å². The number of aliphatic hydroxyl groups excluding tert-OH is 1. The fourth-order valence-corrected chi connectivity index (χ4v) is 0.0913. The maximum atomic E-state index is 7.94. The third kappa shape index (κ3) is 24.7. The zero-order valence-corrected chi connectivity index (χ0v) is 3.27. The number of rotatable bonds is 2. The summed E-state index contributed by atoms with van der Waals surface area (Å²) in [5.74, 6) is 0. The molecule has 2 nitrogen and oxygen atoms in total. The van der Waals surface area contributed by atoms with Crippen LogP contribution in [0.1, 0.15) is 14.9 Å². The molecular formula is C5H16O2. The monoisotopic (exact) mass is 108 g/mol. The lowest BCUT2D eigenvalue weighted by Crippen LogP contribution is -1.91. The molecule has 0 saturated carbocycles. The molecule has 0 saturated heterocycles. The van der Waals surface area contributed by atoms with Gasteiger partial charge in [-0.2, -0.15) is 0 Å². The Kier molecular flexibility index (Phi) is 37.9. The second-order valence-electron chi connectivity index (χ2n) is 0.716. The van der Waals surface area contributed by atoms with Crippen molar-refractivity contribution in [1.82, 2.24) is 0 Å². The van der Waals surface area contributed by atoms with E-state index in [1.54, 1.807) is 7.11 Å². The maximum absolute atomic E-state index is 7.94. The standard InChI is InChI=1S/C3H8O2.2CH4/c1-5-3-2-4;;/h4H,2-3H2,1H3;2*1H4. The molecule has 0 aromatic carbocycles. The van der Waals surface area contributed by atoms with Gasteiger partial charge in [0.2, 0.25) is 0 Å². The van der Waals surface area contributed by atoms with Crippen molar-refractivity contribution in [2.45, 2.75) is 14.9 Å². The minimum Gasteiger partial charge on any atom is -0.394 e. The Labute approximate surface area is 46.1 Å². The van der Waals surface area contributed by atoms with Gasteiger partial charge in [0.05, 0.1) is 13.2 Å². The highest BCUT2D eigenvalue weighted by Crippen LogP contribution is 1.56. The van der Waals surface area contributed by atoms with E-state index in [-0.39, 0.29) is 21.5 Å². The Balaban J connectivity index is -0.0000000800. The maximum Gasteiger partial charge on any atom is 0.0693 e. The molecule has 0 amide bonds. The van der Waals surface area contributed by atoms with Crippen LogP contribution in [-0.4, -0.2) is 25.4 Å². The highest BCUT2D eigenvalue weighted by Gasteiger charge is 1.67. The summed E-state index contributed by atoms with van der Waals surface area (Å²) >= 11 is 0. The first-order valence-electron chi connectivity index (χ1n) is 1.51. The Morgan fingerprint density at radius 1 is 1.43 bits per heavy atom. The molecule has 0 bridgehead atoms. The SMILES string of the molecule is C.C.COCCO. The van der Waals surface area contributed by atoms with Gasteiger partial charge < -0.3 is 9.84 Å². The molecule has 0 radical (unpaired) electrons. The Morgan fingerprint density at radius 3 is 1.86 bits per heavy atom. The van der Waals surface area contributed by atoms with E-state index in [1.807, 2.05) is 0 Å². The predicted octanol–water partition coefficient (Wildman–Crippen LogP) is 0.897. The van der Waals surface area contributed by atoms with Crippen LogP contribution >= 0.6 is 0 Å². The van der Waals surface area contributed by atoms with Gasteiger partial charge in [-0.25, -0.2) is 0 Å². The van der Waals surface area contributed by atoms with Gasteiger partial charge in [-0.3, -0.25) is 0 Å². The summed E-state index contributed by atoms with van der Waals surface area (Å²) in [4.78, 5) is 0. The van der Waals surface area contributed by atoms with Crippen LogP contribution in [0.25, 0.3) is 0 Å². The smallest absolute Gasteiger partial charge is 0.0693 e. The minimum absolute atomic E-state index is 0. The van der Waals surface area contributed by atoms with E-state index >= 15 is 0 Å². The summed E-state index contributed by atoms with van der Waals surface area (Å²) in [6, 6.07) is 0. The van der Waals surface area contributed by atoms with E-state index in [9.17, 15) is 0 Å². The van der Waals surface area contributed by atoms with Crippen molar-refractivity contribution in [1.29, 1.82) is 0 Å². The van der Waals surface area contributed by atoms with Crippen molar-refractivity contribution >= 4 is 0 Å². The van der Waals surface area contributed by atoms with Crippen molar-refractivity contribution in [3.8, 4) is 0 Å². The third-order valence-electron chi connectivity index (χ3n) is 0.295. The molecule has 1 N–H and O–H groups in total. The summed E-state index contributed by atoms with van der Waals surface area (Å²) in [5, 5.41) is 7.94. The van der Waals surface area contributed by atoms with Gasteiger partial charge in [-0.1, -0.05) is 14.9 Å². The van der Waals surface area contributed by atoms with Crippen LogP contribution in [-0.2, 0) is 4.74 Å². The van der Waals surface area contributed by atoms with Crippen molar-refractivity contribution in [3.63, 3.8) is 0 Å². The number of methoxy groups -OCH3 is 1. The van der Waals surface area contributed by atoms with E-state index in [0.29, 0.717) is 6.61 Å². The number of hydrogen-bond donors (Lipinski definition) is 1. The lowest BCUT2D eigenvalue weighted by molar-refractivity contribution is 0.135. The molecule has 7 heavy (non-hydrogen) atoms. The topological polar surface area (TPSA) is 29.5 Å². The van der Waals surface area contributed by atoms with Gasteiger partial charge in [-0.05, 0) is 0 Å². The predicted molar refractivity (Wildman–Crippen MR) is 32.4 cm³/mol. The molecule has 0 aliphatic carbocycles. The van der Waals surface area contributed by atoms with E-state index < -0.39 is 0 Å². The molecule has 0 heterocycles. The van der Waals surface area contributed by atoms with Crippen LogP contribution < -0.4 is 0 Å². The lowest BCUT2D eigenvalue weighted by atomic mass is 10.8. The van der Waals surface area contributed by atoms with Gasteiger partial charge in [0, 0.05) is 7.11 Å². The second-order valence-corrected chi connectivity index (χ2v) is 0.716. The van der Waals surface area contributed by atoms with Gasteiger partial charge in [0.1, 0.15) is 0 Å². The minimum atomic E-state index is 0. The van der Waals surface area contributed by atoms with Crippen molar-refractivity contribution in [3.05, 3.63) is 0 Å². The average molecular weight is 108 g/mol. The largest absolute Gasteiger partial charge is 0.394 e. The molecule has 0 aliphatic rings. The van der Waals surface area contributed by atoms with Gasteiger partial charge in [0.25, 0.3) is 0 Å². The van der Waals surface area contributed by atoms with Gasteiger partial charge in [-0.15, -0.1) is 0 Å². The summed E-state index contributed by atoms with van der Waals surface area (Å²) in [6.07, 6.45) is 0. The summed E-state index contributed by atoms with van der Waals surface area (Å²) in [7, 11) is 1.55. The molecule has 48 valence electrons. The van der Waals surface area contributed by atoms with Gasteiger partial charge >= 0.3 is 0 Å².